The predicted octanol–water partition coefficient (Wildman–Crippen LogP) is 7.74. The average Bonchev–Trinajstić information content (AvgIpc) is 2.95. The third kappa shape index (κ3) is 12.0. The van der Waals surface area contributed by atoms with Crippen LogP contribution in [0.25, 0.3) is 11.1 Å². The highest BCUT2D eigenvalue weighted by Gasteiger charge is 2.32. The molecule has 2 N–H and O–H groups in total. The van der Waals surface area contributed by atoms with Crippen LogP contribution in [0.2, 0.25) is 0 Å². The quantitative estimate of drug-likeness (QED) is 0.265. The third-order valence-electron chi connectivity index (χ3n) is 6.36. The average molecular weight is 666 g/mol. The number of anilines is 2. The Labute approximate surface area is 269 Å². The van der Waals surface area contributed by atoms with Gasteiger partial charge in [-0.1, -0.05) is 45.5 Å². The first-order valence-electron chi connectivity index (χ1n) is 14.4. The fraction of sp³-hybridized carbons (Fsp3) is 0.394. The molecule has 0 radical (unpaired) electrons. The van der Waals surface area contributed by atoms with Gasteiger partial charge in [-0.05, 0) is 74.4 Å². The molecule has 1 aliphatic heterocycles. The lowest BCUT2D eigenvalue weighted by Gasteiger charge is -2.26. The van der Waals surface area contributed by atoms with E-state index in [9.17, 15) is 31.2 Å². The molecule has 1 aliphatic rings. The van der Waals surface area contributed by atoms with Gasteiger partial charge < -0.3 is 14.8 Å². The van der Waals surface area contributed by atoms with Gasteiger partial charge in [0.2, 0.25) is 0 Å². The van der Waals surface area contributed by atoms with Crippen molar-refractivity contribution in [3.63, 3.8) is 0 Å². The molecule has 3 aromatic carbocycles. The van der Waals surface area contributed by atoms with Gasteiger partial charge in [-0.2, -0.15) is 0 Å². The lowest BCUT2D eigenvalue weighted by atomic mass is 10.0. The number of nitrogens with one attached hydrogen (secondary N) is 2. The Balaban J connectivity index is 0.00000241. The number of carbonyl (C=O) groups is 2. The number of alkyl halides is 3. The van der Waals surface area contributed by atoms with Crippen LogP contribution < -0.4 is 15.4 Å². The van der Waals surface area contributed by atoms with Gasteiger partial charge in [-0.15, -0.1) is 13.2 Å². The molecule has 0 saturated carbocycles. The second-order valence-electron chi connectivity index (χ2n) is 11.0. The van der Waals surface area contributed by atoms with E-state index in [1.165, 1.54) is 36.4 Å². The van der Waals surface area contributed by atoms with Crippen LogP contribution in [0.4, 0.5) is 29.3 Å². The van der Waals surface area contributed by atoms with Gasteiger partial charge in [0, 0.05) is 42.1 Å². The molecule has 252 valence electrons. The van der Waals surface area contributed by atoms with Crippen LogP contribution in [0.1, 0.15) is 58.0 Å². The first-order valence-corrected chi connectivity index (χ1v) is 16.2. The number of benzene rings is 3. The second kappa shape index (κ2) is 15.9. The van der Waals surface area contributed by atoms with E-state index in [0.717, 1.165) is 11.6 Å². The first-order chi connectivity index (χ1) is 21.1. The topological polar surface area (TPSA) is 114 Å². The minimum atomic E-state index is -4.95. The van der Waals surface area contributed by atoms with E-state index < -0.39 is 39.6 Å². The van der Waals surface area contributed by atoms with Crippen molar-refractivity contribution in [1.29, 1.82) is 0 Å². The second-order valence-corrected chi connectivity index (χ2v) is 13.3. The molecule has 46 heavy (non-hydrogen) atoms. The van der Waals surface area contributed by atoms with Crippen molar-refractivity contribution < 1.29 is 40.7 Å². The van der Waals surface area contributed by atoms with Crippen LogP contribution in [0.15, 0.2) is 66.7 Å². The van der Waals surface area contributed by atoms with Gasteiger partial charge in [-0.3, -0.25) is 15.0 Å². The smallest absolute Gasteiger partial charge is 0.444 e. The summed E-state index contributed by atoms with van der Waals surface area (Å²) in [5.41, 5.74) is 1.56. The molecule has 13 heteroatoms. The third-order valence-corrected chi connectivity index (χ3v) is 7.97. The van der Waals surface area contributed by atoms with E-state index in [1.54, 1.807) is 32.9 Å². The molecule has 2 amide bonds. The van der Waals surface area contributed by atoms with Crippen LogP contribution in [0.5, 0.6) is 5.75 Å². The predicted molar refractivity (Wildman–Crippen MR) is 175 cm³/mol. The highest BCUT2D eigenvalue weighted by atomic mass is 32.2. The van der Waals surface area contributed by atoms with Crippen molar-refractivity contribution >= 4 is 33.2 Å². The van der Waals surface area contributed by atoms with Gasteiger partial charge in [0.15, 0.2) is 9.84 Å². The first kappa shape index (κ1) is 38.1. The molecule has 3 aromatic rings. The summed E-state index contributed by atoms with van der Waals surface area (Å²) in [6.45, 7) is 10.6. The standard InChI is InChI=1S/C30H32F3N3O6S.C2H6.CH4/c1-29(2,3)42-28(38)35-24-12-13-26(41-30(31,32)33)25(18-24)21-6-8-22(9-7-21)27(37)34-23-10-4-20(5-11-23)19-36-14-16-43(39,40)17-15-36;1-2;/h4-13,18H,14-17,19H2,1-3H3,(H,34,37)(H,35,38);1-2H3;1H4. The molecule has 1 heterocycles. The van der Waals surface area contributed by atoms with Crippen molar-refractivity contribution in [2.75, 3.05) is 35.2 Å². The molecule has 0 atom stereocenters. The molecular weight excluding hydrogens is 623 g/mol. The van der Waals surface area contributed by atoms with Crippen LogP contribution >= 0.6 is 0 Å². The van der Waals surface area contributed by atoms with Crippen molar-refractivity contribution in [2.24, 2.45) is 0 Å². The van der Waals surface area contributed by atoms with E-state index in [0.29, 0.717) is 30.9 Å². The van der Waals surface area contributed by atoms with Gasteiger partial charge in [0.25, 0.3) is 5.91 Å². The Hall–Kier alpha value is -4.10. The fourth-order valence-corrected chi connectivity index (χ4v) is 5.61. The molecule has 1 saturated heterocycles. The summed E-state index contributed by atoms with van der Waals surface area (Å²) in [4.78, 5) is 27.1. The lowest BCUT2D eigenvalue weighted by molar-refractivity contribution is -0.274. The Morgan fingerprint density at radius 3 is 1.96 bits per heavy atom. The van der Waals surface area contributed by atoms with Gasteiger partial charge in [-0.25, -0.2) is 13.2 Å². The molecule has 0 aliphatic carbocycles. The Bertz CT molecular complexity index is 1560. The Morgan fingerprint density at radius 1 is 0.848 bits per heavy atom. The molecule has 4 rings (SSSR count). The zero-order valence-electron chi connectivity index (χ0n) is 25.8. The lowest BCUT2D eigenvalue weighted by Crippen LogP contribution is -2.39. The summed E-state index contributed by atoms with van der Waals surface area (Å²) in [5.74, 6) is -0.617. The zero-order valence-corrected chi connectivity index (χ0v) is 26.6. The number of halogens is 3. The number of nitrogens with zero attached hydrogens (tertiary/aromatic N) is 1. The Kier molecular flexibility index (Phi) is 13.2. The number of ether oxygens (including phenoxy) is 2. The number of carbonyl (C=O) groups excluding carboxylic acids is 2. The molecular formula is C33H42F3N3O6S. The van der Waals surface area contributed by atoms with E-state index in [4.69, 9.17) is 4.74 Å². The van der Waals surface area contributed by atoms with Crippen LogP contribution in [-0.2, 0) is 21.1 Å². The van der Waals surface area contributed by atoms with Gasteiger partial charge in [0.1, 0.15) is 11.4 Å². The van der Waals surface area contributed by atoms with Crippen molar-refractivity contribution in [3.05, 3.63) is 77.9 Å². The molecule has 9 nitrogen and oxygen atoms in total. The number of amides is 2. The molecule has 0 spiro atoms. The maximum atomic E-state index is 13.1. The van der Waals surface area contributed by atoms with Crippen LogP contribution in [0, 0.1) is 0 Å². The van der Waals surface area contributed by atoms with Gasteiger partial charge >= 0.3 is 12.5 Å². The minimum Gasteiger partial charge on any atom is -0.444 e. The Morgan fingerprint density at radius 2 is 1.41 bits per heavy atom. The summed E-state index contributed by atoms with van der Waals surface area (Å²) in [5, 5.41) is 5.28. The van der Waals surface area contributed by atoms with E-state index in [2.05, 4.69) is 20.3 Å². The normalized spacial score (nSPS) is 14.5. The molecule has 0 unspecified atom stereocenters. The zero-order chi connectivity index (χ0) is 33.4. The number of rotatable bonds is 7. The van der Waals surface area contributed by atoms with Crippen LogP contribution in [-0.4, -0.2) is 61.9 Å². The minimum absolute atomic E-state index is 0. The van der Waals surface area contributed by atoms with E-state index in [-0.39, 0.29) is 35.7 Å². The van der Waals surface area contributed by atoms with Gasteiger partial charge in [0.05, 0.1) is 11.5 Å². The largest absolute Gasteiger partial charge is 0.573 e. The fourth-order valence-electron chi connectivity index (χ4n) is 4.33. The van der Waals surface area contributed by atoms with E-state index >= 15 is 0 Å². The van der Waals surface area contributed by atoms with Crippen molar-refractivity contribution in [2.45, 2.75) is 60.6 Å². The highest BCUT2D eigenvalue weighted by Crippen LogP contribution is 2.36. The number of hydrogen-bond donors (Lipinski definition) is 2. The summed E-state index contributed by atoms with van der Waals surface area (Å²) in [6.07, 6.45) is -5.72. The summed E-state index contributed by atoms with van der Waals surface area (Å²) >= 11 is 0. The summed E-state index contributed by atoms with van der Waals surface area (Å²) in [6, 6.07) is 16.8. The molecule has 0 aromatic heterocycles. The summed E-state index contributed by atoms with van der Waals surface area (Å²) < 4.78 is 71.9. The maximum absolute atomic E-state index is 13.1. The summed E-state index contributed by atoms with van der Waals surface area (Å²) in [7, 11) is -2.95. The SMILES string of the molecule is C.CC.CC(C)(C)OC(=O)Nc1ccc(OC(F)(F)F)c(-c2ccc(C(=O)Nc3ccc(CN4CCS(=O)(=O)CC4)cc3)cc2)c1. The maximum Gasteiger partial charge on any atom is 0.573 e. The molecule has 1 fully saturated rings. The molecule has 0 bridgehead atoms. The number of sulfone groups is 1. The van der Waals surface area contributed by atoms with Crippen molar-refractivity contribution in [3.8, 4) is 16.9 Å². The van der Waals surface area contributed by atoms with Crippen LogP contribution in [0.3, 0.4) is 0 Å². The van der Waals surface area contributed by atoms with Crippen molar-refractivity contribution in [1.82, 2.24) is 4.90 Å². The van der Waals surface area contributed by atoms with E-state index in [1.807, 2.05) is 26.0 Å². The number of hydrogen-bond acceptors (Lipinski definition) is 7. The highest BCUT2D eigenvalue weighted by molar-refractivity contribution is 7.91. The monoisotopic (exact) mass is 665 g/mol.